The summed E-state index contributed by atoms with van der Waals surface area (Å²) in [6.45, 7) is 3.81. The summed E-state index contributed by atoms with van der Waals surface area (Å²) < 4.78 is 0. The molecular weight excluding hydrogens is 252 g/mol. The monoisotopic (exact) mass is 274 g/mol. The van der Waals surface area contributed by atoms with Crippen LogP contribution in [-0.2, 0) is 17.6 Å². The zero-order chi connectivity index (χ0) is 14.5. The van der Waals surface area contributed by atoms with Crippen LogP contribution >= 0.6 is 0 Å². The molecule has 4 heteroatoms. The number of nitrogens with one attached hydrogen (secondary N) is 2. The normalized spacial score (nSPS) is 13.8. The molecule has 1 aliphatic carbocycles. The number of hydrogen-bond donors (Lipinski definition) is 2. The van der Waals surface area contributed by atoms with Crippen LogP contribution in [0.3, 0.4) is 0 Å². The number of carbonyl (C=O) groups excluding carboxylic acids is 2. The van der Waals surface area contributed by atoms with Gasteiger partial charge in [0.15, 0.2) is 0 Å². The van der Waals surface area contributed by atoms with E-state index >= 15 is 0 Å². The van der Waals surface area contributed by atoms with Gasteiger partial charge in [-0.15, -0.1) is 0 Å². The fourth-order valence-electron chi connectivity index (χ4n) is 2.51. The Kier molecular flexibility index (Phi) is 4.77. The van der Waals surface area contributed by atoms with E-state index in [0.29, 0.717) is 5.56 Å². The summed E-state index contributed by atoms with van der Waals surface area (Å²) in [5.74, 6) is -0.344. The quantitative estimate of drug-likeness (QED) is 0.880. The Morgan fingerprint density at radius 2 is 1.85 bits per heavy atom. The molecule has 108 valence electrons. The Bertz CT molecular complexity index is 509. The first-order valence-corrected chi connectivity index (χ1v) is 7.25. The van der Waals surface area contributed by atoms with Crippen LogP contribution < -0.4 is 10.6 Å². The third-order valence-electron chi connectivity index (χ3n) is 3.47. The average molecular weight is 274 g/mol. The zero-order valence-corrected chi connectivity index (χ0v) is 12.2. The molecule has 0 aromatic heterocycles. The minimum Gasteiger partial charge on any atom is -0.352 e. The van der Waals surface area contributed by atoms with Crippen LogP contribution in [0.4, 0.5) is 0 Å². The van der Waals surface area contributed by atoms with Gasteiger partial charge in [0, 0.05) is 11.6 Å². The fraction of sp³-hybridized carbons (Fsp3) is 0.500. The van der Waals surface area contributed by atoms with Gasteiger partial charge in [0.25, 0.3) is 5.91 Å². The Balaban J connectivity index is 1.94. The number of aryl methyl sites for hydroxylation is 2. The van der Waals surface area contributed by atoms with Gasteiger partial charge in [-0.2, -0.15) is 0 Å². The summed E-state index contributed by atoms with van der Waals surface area (Å²) in [4.78, 5) is 23.5. The smallest absolute Gasteiger partial charge is 0.251 e. The summed E-state index contributed by atoms with van der Waals surface area (Å²) in [6, 6.07) is 5.94. The predicted octanol–water partition coefficient (Wildman–Crippen LogP) is 1.82. The minimum atomic E-state index is -0.183. The first-order valence-electron chi connectivity index (χ1n) is 7.25. The van der Waals surface area contributed by atoms with E-state index in [1.807, 2.05) is 32.0 Å². The molecule has 0 heterocycles. The van der Waals surface area contributed by atoms with Crippen LogP contribution in [0.2, 0.25) is 0 Å². The summed E-state index contributed by atoms with van der Waals surface area (Å²) in [6.07, 6.45) is 4.57. The number of benzene rings is 1. The molecule has 2 rings (SSSR count). The maximum Gasteiger partial charge on any atom is 0.251 e. The molecule has 0 spiro atoms. The lowest BCUT2D eigenvalue weighted by Crippen LogP contribution is -2.39. The zero-order valence-electron chi connectivity index (χ0n) is 12.2. The van der Waals surface area contributed by atoms with Crippen LogP contribution in [0.25, 0.3) is 0 Å². The van der Waals surface area contributed by atoms with Crippen molar-refractivity contribution in [2.24, 2.45) is 0 Å². The van der Waals surface area contributed by atoms with Crippen molar-refractivity contribution in [2.75, 3.05) is 6.54 Å². The van der Waals surface area contributed by atoms with Gasteiger partial charge in [0.2, 0.25) is 5.91 Å². The molecule has 0 radical (unpaired) electrons. The van der Waals surface area contributed by atoms with Crippen LogP contribution in [0, 0.1) is 0 Å². The first kappa shape index (κ1) is 14.6. The Hall–Kier alpha value is -1.84. The van der Waals surface area contributed by atoms with Crippen molar-refractivity contribution in [1.29, 1.82) is 0 Å². The lowest BCUT2D eigenvalue weighted by molar-refractivity contribution is -0.120. The van der Waals surface area contributed by atoms with Gasteiger partial charge in [-0.3, -0.25) is 9.59 Å². The predicted molar refractivity (Wildman–Crippen MR) is 78.7 cm³/mol. The minimum absolute atomic E-state index is 0.0219. The van der Waals surface area contributed by atoms with Gasteiger partial charge in [-0.1, -0.05) is 6.07 Å². The van der Waals surface area contributed by atoms with Gasteiger partial charge < -0.3 is 10.6 Å². The van der Waals surface area contributed by atoms with E-state index in [9.17, 15) is 9.59 Å². The van der Waals surface area contributed by atoms with E-state index in [0.717, 1.165) is 12.8 Å². The highest BCUT2D eigenvalue weighted by atomic mass is 16.2. The third kappa shape index (κ3) is 3.83. The van der Waals surface area contributed by atoms with E-state index in [1.54, 1.807) is 0 Å². The van der Waals surface area contributed by atoms with Gasteiger partial charge in [0.1, 0.15) is 0 Å². The number of rotatable bonds is 4. The van der Waals surface area contributed by atoms with E-state index in [-0.39, 0.29) is 24.4 Å². The fourth-order valence-corrected chi connectivity index (χ4v) is 2.51. The van der Waals surface area contributed by atoms with Gasteiger partial charge in [-0.05, 0) is 62.8 Å². The molecule has 2 N–H and O–H groups in total. The Labute approximate surface area is 119 Å². The van der Waals surface area contributed by atoms with Crippen LogP contribution in [0.15, 0.2) is 18.2 Å². The average Bonchev–Trinajstić information content (AvgIpc) is 2.43. The Morgan fingerprint density at radius 1 is 1.15 bits per heavy atom. The van der Waals surface area contributed by atoms with Gasteiger partial charge in [0.05, 0.1) is 6.54 Å². The maximum absolute atomic E-state index is 12.0. The van der Waals surface area contributed by atoms with Gasteiger partial charge in [-0.25, -0.2) is 0 Å². The number of carbonyl (C=O) groups is 2. The second-order valence-corrected chi connectivity index (χ2v) is 5.60. The molecule has 0 atom stereocenters. The van der Waals surface area contributed by atoms with Crippen molar-refractivity contribution in [1.82, 2.24) is 10.6 Å². The summed E-state index contributed by atoms with van der Waals surface area (Å²) in [7, 11) is 0. The lowest BCUT2D eigenvalue weighted by atomic mass is 9.90. The maximum atomic E-state index is 12.0. The molecule has 1 aliphatic rings. The number of amides is 2. The van der Waals surface area contributed by atoms with Crippen LogP contribution in [0.5, 0.6) is 0 Å². The van der Waals surface area contributed by atoms with Crippen LogP contribution in [0.1, 0.15) is 48.2 Å². The molecule has 0 saturated carbocycles. The molecule has 0 fully saturated rings. The number of hydrogen-bond acceptors (Lipinski definition) is 2. The largest absolute Gasteiger partial charge is 0.352 e. The standard InChI is InChI=1S/C16H22N2O2/c1-11(2)18-15(19)10-17-16(20)14-8-7-12-5-3-4-6-13(12)9-14/h7-9,11H,3-6,10H2,1-2H3,(H,17,20)(H,18,19). The molecular formula is C16H22N2O2. The van der Waals surface area contributed by atoms with Gasteiger partial charge >= 0.3 is 0 Å². The molecule has 0 saturated heterocycles. The van der Waals surface area contributed by atoms with E-state index < -0.39 is 0 Å². The molecule has 1 aromatic rings. The second kappa shape index (κ2) is 6.55. The van der Waals surface area contributed by atoms with Crippen molar-refractivity contribution in [2.45, 2.75) is 45.6 Å². The summed E-state index contributed by atoms with van der Waals surface area (Å²) >= 11 is 0. The molecule has 4 nitrogen and oxygen atoms in total. The third-order valence-corrected chi connectivity index (χ3v) is 3.47. The van der Waals surface area contributed by atoms with E-state index in [2.05, 4.69) is 10.6 Å². The summed E-state index contributed by atoms with van der Waals surface area (Å²) in [5, 5.41) is 5.41. The second-order valence-electron chi connectivity index (χ2n) is 5.60. The molecule has 2 amide bonds. The van der Waals surface area contributed by atoms with Crippen LogP contribution in [-0.4, -0.2) is 24.4 Å². The Morgan fingerprint density at radius 3 is 2.55 bits per heavy atom. The molecule has 0 aliphatic heterocycles. The van der Waals surface area contributed by atoms with Crippen molar-refractivity contribution >= 4 is 11.8 Å². The highest BCUT2D eigenvalue weighted by Crippen LogP contribution is 2.22. The van der Waals surface area contributed by atoms with Crippen molar-refractivity contribution in [3.8, 4) is 0 Å². The molecule has 0 bridgehead atoms. The number of fused-ring (bicyclic) bond motifs is 1. The molecule has 0 unspecified atom stereocenters. The first-order chi connectivity index (χ1) is 9.56. The van der Waals surface area contributed by atoms with E-state index in [4.69, 9.17) is 0 Å². The molecule has 20 heavy (non-hydrogen) atoms. The van der Waals surface area contributed by atoms with Crippen molar-refractivity contribution in [3.05, 3.63) is 34.9 Å². The lowest BCUT2D eigenvalue weighted by Gasteiger charge is -2.16. The SMILES string of the molecule is CC(C)NC(=O)CNC(=O)c1ccc2c(c1)CCCC2. The highest BCUT2D eigenvalue weighted by molar-refractivity contribution is 5.96. The van der Waals surface area contributed by atoms with Crippen molar-refractivity contribution < 1.29 is 9.59 Å². The van der Waals surface area contributed by atoms with E-state index in [1.165, 1.54) is 24.0 Å². The molecule has 1 aromatic carbocycles. The summed E-state index contributed by atoms with van der Waals surface area (Å²) in [5.41, 5.74) is 3.27. The van der Waals surface area contributed by atoms with Crippen molar-refractivity contribution in [3.63, 3.8) is 0 Å². The highest BCUT2D eigenvalue weighted by Gasteiger charge is 2.13. The topological polar surface area (TPSA) is 58.2 Å².